The molecule has 2 nitrogen and oxygen atoms in total. The maximum absolute atomic E-state index is 3.73. The number of aromatic nitrogens is 1. The SMILES string of the molecule is CCCNC1CCCCc2cn(Cc3ccsc3)cc21. The highest BCUT2D eigenvalue weighted by Crippen LogP contribution is 2.29. The molecule has 1 aliphatic rings. The van der Waals surface area contributed by atoms with E-state index in [1.807, 2.05) is 0 Å². The third-order valence-corrected chi connectivity index (χ3v) is 4.88. The van der Waals surface area contributed by atoms with E-state index in [2.05, 4.69) is 46.0 Å². The predicted molar refractivity (Wildman–Crippen MR) is 86.4 cm³/mol. The van der Waals surface area contributed by atoms with Crippen LogP contribution in [0.4, 0.5) is 0 Å². The van der Waals surface area contributed by atoms with Gasteiger partial charge in [-0.15, -0.1) is 0 Å². The highest BCUT2D eigenvalue weighted by molar-refractivity contribution is 7.07. The van der Waals surface area contributed by atoms with Crippen LogP contribution < -0.4 is 5.32 Å². The maximum atomic E-state index is 3.73. The van der Waals surface area contributed by atoms with Gasteiger partial charge in [0.2, 0.25) is 0 Å². The third-order valence-electron chi connectivity index (χ3n) is 4.15. The van der Waals surface area contributed by atoms with Crippen LogP contribution in [0.15, 0.2) is 29.2 Å². The fourth-order valence-corrected chi connectivity index (χ4v) is 3.79. The first kappa shape index (κ1) is 13.9. The van der Waals surface area contributed by atoms with E-state index in [9.17, 15) is 0 Å². The Hall–Kier alpha value is -1.06. The molecule has 3 rings (SSSR count). The molecule has 1 aliphatic carbocycles. The lowest BCUT2D eigenvalue weighted by molar-refractivity contribution is 0.488. The van der Waals surface area contributed by atoms with Crippen molar-refractivity contribution in [2.24, 2.45) is 0 Å². The minimum absolute atomic E-state index is 0.566. The number of hydrogen-bond donors (Lipinski definition) is 1. The average Bonchev–Trinajstić information content (AvgIpc) is 3.05. The van der Waals surface area contributed by atoms with Crippen LogP contribution in [-0.2, 0) is 13.0 Å². The Labute approximate surface area is 125 Å². The number of hydrogen-bond acceptors (Lipinski definition) is 2. The van der Waals surface area contributed by atoms with Gasteiger partial charge in [-0.1, -0.05) is 13.3 Å². The Morgan fingerprint density at radius 1 is 1.35 bits per heavy atom. The summed E-state index contributed by atoms with van der Waals surface area (Å²) in [4.78, 5) is 0. The summed E-state index contributed by atoms with van der Waals surface area (Å²) < 4.78 is 2.37. The maximum Gasteiger partial charge on any atom is 0.0478 e. The largest absolute Gasteiger partial charge is 0.349 e. The number of nitrogens with one attached hydrogen (secondary N) is 1. The molecule has 1 N–H and O–H groups in total. The first-order valence-electron chi connectivity index (χ1n) is 7.80. The van der Waals surface area contributed by atoms with Crippen molar-refractivity contribution in [3.8, 4) is 0 Å². The molecule has 0 spiro atoms. The Balaban J connectivity index is 1.79. The highest BCUT2D eigenvalue weighted by Gasteiger charge is 2.19. The Kier molecular flexibility index (Phi) is 4.58. The highest BCUT2D eigenvalue weighted by atomic mass is 32.1. The van der Waals surface area contributed by atoms with Crippen molar-refractivity contribution >= 4 is 11.3 Å². The van der Waals surface area contributed by atoms with E-state index in [1.54, 1.807) is 22.5 Å². The van der Waals surface area contributed by atoms with Crippen LogP contribution in [0.1, 0.15) is 55.3 Å². The van der Waals surface area contributed by atoms with Crippen LogP contribution in [0.3, 0.4) is 0 Å². The van der Waals surface area contributed by atoms with Crippen molar-refractivity contribution in [3.63, 3.8) is 0 Å². The molecule has 0 saturated carbocycles. The Bertz CT molecular complexity index is 527. The summed E-state index contributed by atoms with van der Waals surface area (Å²) in [5, 5.41) is 8.14. The Morgan fingerprint density at radius 2 is 2.30 bits per heavy atom. The van der Waals surface area contributed by atoms with Gasteiger partial charge < -0.3 is 9.88 Å². The smallest absolute Gasteiger partial charge is 0.0478 e. The summed E-state index contributed by atoms with van der Waals surface area (Å²) in [6.07, 6.45) is 11.2. The van der Waals surface area contributed by atoms with E-state index in [4.69, 9.17) is 0 Å². The molecule has 0 saturated heterocycles. The van der Waals surface area contributed by atoms with E-state index >= 15 is 0 Å². The molecule has 108 valence electrons. The van der Waals surface area contributed by atoms with Crippen molar-refractivity contribution in [3.05, 3.63) is 45.9 Å². The lowest BCUT2D eigenvalue weighted by Gasteiger charge is -2.16. The molecule has 0 aromatic carbocycles. The summed E-state index contributed by atoms with van der Waals surface area (Å²) in [6, 6.07) is 2.79. The van der Waals surface area contributed by atoms with E-state index in [1.165, 1.54) is 37.7 Å². The van der Waals surface area contributed by atoms with Crippen LogP contribution in [0.25, 0.3) is 0 Å². The second-order valence-corrected chi connectivity index (χ2v) is 6.58. The predicted octanol–water partition coefficient (Wildman–Crippen LogP) is 4.37. The summed E-state index contributed by atoms with van der Waals surface area (Å²) >= 11 is 1.78. The third kappa shape index (κ3) is 3.15. The van der Waals surface area contributed by atoms with E-state index in [0.29, 0.717) is 6.04 Å². The normalized spacial score (nSPS) is 18.8. The number of thiophene rings is 1. The summed E-state index contributed by atoms with van der Waals surface area (Å²) in [5.41, 5.74) is 4.52. The van der Waals surface area contributed by atoms with Crippen molar-refractivity contribution in [1.29, 1.82) is 0 Å². The molecule has 3 heteroatoms. The first-order chi connectivity index (χ1) is 9.86. The summed E-state index contributed by atoms with van der Waals surface area (Å²) in [6.45, 7) is 4.38. The van der Waals surface area contributed by atoms with Gasteiger partial charge in [0.1, 0.15) is 0 Å². The van der Waals surface area contributed by atoms with Gasteiger partial charge in [0.05, 0.1) is 0 Å². The molecular formula is C17H24N2S. The number of nitrogens with zero attached hydrogens (tertiary/aromatic N) is 1. The van der Waals surface area contributed by atoms with Crippen molar-refractivity contribution < 1.29 is 0 Å². The standard InChI is InChI=1S/C17H24N2S/c1-2-8-18-17-6-4-3-5-15-11-19(12-16(15)17)10-14-7-9-20-13-14/h7,9,11-13,17-18H,2-6,8,10H2,1H3. The number of rotatable bonds is 5. The van der Waals surface area contributed by atoms with E-state index in [0.717, 1.165) is 13.1 Å². The topological polar surface area (TPSA) is 17.0 Å². The van der Waals surface area contributed by atoms with Gasteiger partial charge >= 0.3 is 0 Å². The van der Waals surface area contributed by atoms with Crippen LogP contribution >= 0.6 is 11.3 Å². The molecule has 0 radical (unpaired) electrons. The zero-order valence-corrected chi connectivity index (χ0v) is 13.1. The summed E-state index contributed by atoms with van der Waals surface area (Å²) in [7, 11) is 0. The first-order valence-corrected chi connectivity index (χ1v) is 8.74. The molecule has 0 bridgehead atoms. The van der Waals surface area contributed by atoms with Crippen molar-refractivity contribution in [1.82, 2.24) is 9.88 Å². The molecule has 20 heavy (non-hydrogen) atoms. The van der Waals surface area contributed by atoms with Crippen LogP contribution in [0, 0.1) is 0 Å². The fraction of sp³-hybridized carbons (Fsp3) is 0.529. The van der Waals surface area contributed by atoms with Crippen LogP contribution in [0.5, 0.6) is 0 Å². The van der Waals surface area contributed by atoms with Gasteiger partial charge in [0.25, 0.3) is 0 Å². The molecule has 0 amide bonds. The van der Waals surface area contributed by atoms with Crippen molar-refractivity contribution in [2.75, 3.05) is 6.54 Å². The molecular weight excluding hydrogens is 264 g/mol. The summed E-state index contributed by atoms with van der Waals surface area (Å²) in [5.74, 6) is 0. The molecule has 1 atom stereocenters. The van der Waals surface area contributed by atoms with Crippen LogP contribution in [-0.4, -0.2) is 11.1 Å². The zero-order valence-electron chi connectivity index (χ0n) is 12.3. The van der Waals surface area contributed by atoms with E-state index in [-0.39, 0.29) is 0 Å². The molecule has 2 aromatic rings. The van der Waals surface area contributed by atoms with Crippen molar-refractivity contribution in [2.45, 2.75) is 51.6 Å². The minimum atomic E-state index is 0.566. The van der Waals surface area contributed by atoms with Gasteiger partial charge in [-0.3, -0.25) is 0 Å². The Morgan fingerprint density at radius 3 is 3.10 bits per heavy atom. The number of aryl methyl sites for hydroxylation is 1. The quantitative estimate of drug-likeness (QED) is 0.809. The number of fused-ring (bicyclic) bond motifs is 1. The average molecular weight is 288 g/mol. The van der Waals surface area contributed by atoms with Gasteiger partial charge in [-0.25, -0.2) is 0 Å². The molecule has 1 unspecified atom stereocenters. The second kappa shape index (κ2) is 6.59. The van der Waals surface area contributed by atoms with E-state index < -0.39 is 0 Å². The monoisotopic (exact) mass is 288 g/mol. The lowest BCUT2D eigenvalue weighted by Crippen LogP contribution is -2.21. The lowest BCUT2D eigenvalue weighted by atomic mass is 10.0. The fourth-order valence-electron chi connectivity index (χ4n) is 3.13. The molecule has 2 heterocycles. The van der Waals surface area contributed by atoms with Gasteiger partial charge in [-0.2, -0.15) is 11.3 Å². The molecule has 2 aromatic heterocycles. The van der Waals surface area contributed by atoms with Gasteiger partial charge in [0.15, 0.2) is 0 Å². The zero-order chi connectivity index (χ0) is 13.8. The molecule has 0 aliphatic heterocycles. The van der Waals surface area contributed by atoms with Crippen LogP contribution in [0.2, 0.25) is 0 Å². The molecule has 0 fully saturated rings. The minimum Gasteiger partial charge on any atom is -0.349 e. The van der Waals surface area contributed by atoms with Gasteiger partial charge in [-0.05, 0) is 65.7 Å². The second-order valence-electron chi connectivity index (χ2n) is 5.80. The van der Waals surface area contributed by atoms with Gasteiger partial charge in [0, 0.05) is 25.0 Å².